The third-order valence-electron chi connectivity index (χ3n) is 5.45. The molecule has 5 nitrogen and oxygen atoms in total. The van der Waals surface area contributed by atoms with E-state index >= 15 is 0 Å². The molecule has 1 aliphatic heterocycles. The quantitative estimate of drug-likeness (QED) is 0.769. The smallest absolute Gasteiger partial charge is 0.225 e. The average molecular weight is 366 g/mol. The lowest BCUT2D eigenvalue weighted by Crippen LogP contribution is -2.53. The first-order valence-corrected chi connectivity index (χ1v) is 8.89. The van der Waals surface area contributed by atoms with E-state index in [0.717, 1.165) is 48.9 Å². The maximum Gasteiger partial charge on any atom is 0.225 e. The van der Waals surface area contributed by atoms with Gasteiger partial charge in [0, 0.05) is 17.6 Å². The number of nitrogens with one attached hydrogen (secondary N) is 2. The van der Waals surface area contributed by atoms with Crippen molar-refractivity contribution in [3.8, 4) is 0 Å². The number of hydrogen-bond donors (Lipinski definition) is 3. The number of fused-ring (bicyclic) bond motifs is 1. The van der Waals surface area contributed by atoms with Gasteiger partial charge in [0.15, 0.2) is 0 Å². The molecule has 0 aromatic heterocycles. The van der Waals surface area contributed by atoms with E-state index in [-0.39, 0.29) is 36.2 Å². The van der Waals surface area contributed by atoms with Crippen molar-refractivity contribution in [3.63, 3.8) is 0 Å². The van der Waals surface area contributed by atoms with Crippen LogP contribution in [0.3, 0.4) is 0 Å². The van der Waals surface area contributed by atoms with Crippen LogP contribution in [0.15, 0.2) is 18.2 Å². The zero-order chi connectivity index (χ0) is 17.3. The van der Waals surface area contributed by atoms with Crippen LogP contribution in [0.1, 0.15) is 63.1 Å². The Labute approximate surface area is 155 Å². The number of carbonyl (C=O) groups is 2. The molecule has 4 N–H and O–H groups in total. The first-order valence-electron chi connectivity index (χ1n) is 8.89. The normalized spacial score (nSPS) is 26.7. The van der Waals surface area contributed by atoms with Crippen molar-refractivity contribution in [1.82, 2.24) is 5.32 Å². The van der Waals surface area contributed by atoms with Gasteiger partial charge in [-0.15, -0.1) is 12.4 Å². The second-order valence-corrected chi connectivity index (χ2v) is 7.50. The van der Waals surface area contributed by atoms with Gasteiger partial charge in [-0.05, 0) is 50.3 Å². The standard InChI is InChI=1S/C19H27N3O2.ClH/c1-12(21-18(24)15-5-3-4-10-19(15,2)20)13-6-8-16-14(11-13)7-9-17(23)22-16;/h6,8,11-12,15H,3-5,7,9-10,20H2,1-2H3,(H,21,24)(H,22,23);1H. The summed E-state index contributed by atoms with van der Waals surface area (Å²) in [5, 5.41) is 6.02. The topological polar surface area (TPSA) is 84.2 Å². The van der Waals surface area contributed by atoms with Crippen LogP contribution in [-0.4, -0.2) is 17.4 Å². The monoisotopic (exact) mass is 365 g/mol. The van der Waals surface area contributed by atoms with Gasteiger partial charge in [0.2, 0.25) is 11.8 Å². The fourth-order valence-corrected chi connectivity index (χ4v) is 3.86. The summed E-state index contributed by atoms with van der Waals surface area (Å²) in [6.45, 7) is 3.99. The Morgan fingerprint density at radius 3 is 2.84 bits per heavy atom. The van der Waals surface area contributed by atoms with Crippen LogP contribution in [0.5, 0.6) is 0 Å². The summed E-state index contributed by atoms with van der Waals surface area (Å²) in [6, 6.07) is 5.91. The van der Waals surface area contributed by atoms with E-state index < -0.39 is 5.54 Å². The molecule has 1 aliphatic carbocycles. The molecule has 2 amide bonds. The van der Waals surface area contributed by atoms with Gasteiger partial charge in [-0.2, -0.15) is 0 Å². The van der Waals surface area contributed by atoms with Gasteiger partial charge in [-0.1, -0.05) is 25.0 Å². The molecule has 6 heteroatoms. The van der Waals surface area contributed by atoms with Crippen LogP contribution in [0.25, 0.3) is 0 Å². The summed E-state index contributed by atoms with van der Waals surface area (Å²) in [7, 11) is 0. The Morgan fingerprint density at radius 1 is 1.36 bits per heavy atom. The van der Waals surface area contributed by atoms with Gasteiger partial charge >= 0.3 is 0 Å². The number of carbonyl (C=O) groups excluding carboxylic acids is 2. The fourth-order valence-electron chi connectivity index (χ4n) is 3.86. The average Bonchev–Trinajstić information content (AvgIpc) is 2.53. The van der Waals surface area contributed by atoms with Gasteiger partial charge in [0.25, 0.3) is 0 Å². The third kappa shape index (κ3) is 4.33. The third-order valence-corrected chi connectivity index (χ3v) is 5.45. The number of aryl methyl sites for hydroxylation is 1. The number of anilines is 1. The van der Waals surface area contributed by atoms with Gasteiger partial charge in [-0.25, -0.2) is 0 Å². The predicted octanol–water partition coefficient (Wildman–Crippen LogP) is 3.08. The van der Waals surface area contributed by atoms with Gasteiger partial charge in [-0.3, -0.25) is 9.59 Å². The number of nitrogens with two attached hydrogens (primary N) is 1. The molecule has 1 heterocycles. The Kier molecular flexibility index (Phi) is 6.12. The minimum Gasteiger partial charge on any atom is -0.349 e. The highest BCUT2D eigenvalue weighted by molar-refractivity contribution is 5.93. The van der Waals surface area contributed by atoms with E-state index in [9.17, 15) is 9.59 Å². The molecule has 25 heavy (non-hydrogen) atoms. The zero-order valence-electron chi connectivity index (χ0n) is 14.9. The van der Waals surface area contributed by atoms with Gasteiger partial charge < -0.3 is 16.4 Å². The van der Waals surface area contributed by atoms with Crippen molar-refractivity contribution in [1.29, 1.82) is 0 Å². The first-order chi connectivity index (χ1) is 11.4. The highest BCUT2D eigenvalue weighted by Gasteiger charge is 2.38. The van der Waals surface area contributed by atoms with Crippen molar-refractivity contribution >= 4 is 29.9 Å². The second kappa shape index (κ2) is 7.75. The van der Waals surface area contributed by atoms with Crippen LogP contribution in [0.4, 0.5) is 5.69 Å². The summed E-state index contributed by atoms with van der Waals surface area (Å²) < 4.78 is 0. The molecule has 0 bridgehead atoms. The summed E-state index contributed by atoms with van der Waals surface area (Å²) in [6.07, 6.45) is 5.20. The van der Waals surface area contributed by atoms with E-state index in [1.165, 1.54) is 0 Å². The Bertz CT molecular complexity index is 660. The second-order valence-electron chi connectivity index (χ2n) is 7.50. The van der Waals surface area contributed by atoms with Crippen LogP contribution in [0, 0.1) is 5.92 Å². The van der Waals surface area contributed by atoms with Gasteiger partial charge in [0.1, 0.15) is 0 Å². The van der Waals surface area contributed by atoms with Crippen molar-refractivity contribution in [2.75, 3.05) is 5.32 Å². The van der Waals surface area contributed by atoms with E-state index in [2.05, 4.69) is 16.7 Å². The largest absolute Gasteiger partial charge is 0.349 e. The lowest BCUT2D eigenvalue weighted by molar-refractivity contribution is -0.128. The Balaban J connectivity index is 0.00000225. The molecule has 1 fully saturated rings. The summed E-state index contributed by atoms with van der Waals surface area (Å²) >= 11 is 0. The number of rotatable bonds is 3. The van der Waals surface area contributed by atoms with E-state index in [1.54, 1.807) is 0 Å². The van der Waals surface area contributed by atoms with Crippen LogP contribution >= 0.6 is 12.4 Å². The summed E-state index contributed by atoms with van der Waals surface area (Å²) in [5.41, 5.74) is 9.01. The summed E-state index contributed by atoms with van der Waals surface area (Å²) in [5.74, 6) is -0.0000278. The molecule has 0 saturated heterocycles. The SMILES string of the molecule is CC(NC(=O)C1CCCCC1(C)N)c1ccc2c(c1)CCC(=O)N2.Cl. The minimum absolute atomic E-state index is 0. The number of halogens is 1. The van der Waals surface area contributed by atoms with Crippen molar-refractivity contribution in [2.45, 2.75) is 64.0 Å². The van der Waals surface area contributed by atoms with E-state index in [0.29, 0.717) is 6.42 Å². The molecular weight excluding hydrogens is 338 g/mol. The molecule has 3 atom stereocenters. The maximum atomic E-state index is 12.7. The van der Waals surface area contributed by atoms with Crippen LogP contribution in [0.2, 0.25) is 0 Å². The number of benzene rings is 1. The predicted molar refractivity (Wildman–Crippen MR) is 102 cm³/mol. The van der Waals surface area contributed by atoms with Crippen LogP contribution in [-0.2, 0) is 16.0 Å². The first kappa shape index (κ1) is 19.7. The summed E-state index contributed by atoms with van der Waals surface area (Å²) in [4.78, 5) is 24.1. The van der Waals surface area contributed by atoms with Crippen molar-refractivity contribution in [3.05, 3.63) is 29.3 Å². The Morgan fingerprint density at radius 2 is 2.12 bits per heavy atom. The molecule has 2 aliphatic rings. The molecule has 1 aromatic rings. The fraction of sp³-hybridized carbons (Fsp3) is 0.579. The number of amides is 2. The van der Waals surface area contributed by atoms with Crippen molar-refractivity contribution < 1.29 is 9.59 Å². The molecule has 1 saturated carbocycles. The lowest BCUT2D eigenvalue weighted by Gasteiger charge is -2.37. The molecule has 0 radical (unpaired) electrons. The maximum absolute atomic E-state index is 12.7. The molecule has 138 valence electrons. The van der Waals surface area contributed by atoms with Crippen LogP contribution < -0.4 is 16.4 Å². The van der Waals surface area contributed by atoms with E-state index in [1.807, 2.05) is 26.0 Å². The highest BCUT2D eigenvalue weighted by atomic mass is 35.5. The Hall–Kier alpha value is -1.59. The highest BCUT2D eigenvalue weighted by Crippen LogP contribution is 2.32. The lowest BCUT2D eigenvalue weighted by atomic mass is 9.74. The van der Waals surface area contributed by atoms with Gasteiger partial charge in [0.05, 0.1) is 12.0 Å². The molecule has 1 aromatic carbocycles. The molecule has 3 rings (SSSR count). The number of hydrogen-bond acceptors (Lipinski definition) is 3. The molecule has 3 unspecified atom stereocenters. The minimum atomic E-state index is -0.414. The molecular formula is C19H28ClN3O2. The van der Waals surface area contributed by atoms with Crippen molar-refractivity contribution in [2.24, 2.45) is 11.7 Å². The zero-order valence-corrected chi connectivity index (χ0v) is 15.7. The molecule has 0 spiro atoms. The van der Waals surface area contributed by atoms with E-state index in [4.69, 9.17) is 5.73 Å².